The van der Waals surface area contributed by atoms with E-state index in [0.29, 0.717) is 10.7 Å². The standard InChI is InChI=1S/C25H25ClN4O2/c1-4-11-30-17(2)12-20(18(30)3)13-21(14-27)25(32)28-22-9-10-24(31)29(16-22)15-19-7-5-6-8-23(19)26/h5-10,12-13,16H,4,11,15H2,1-3H3,(H,28,32)/b21-13+. The van der Waals surface area contributed by atoms with E-state index in [1.807, 2.05) is 44.2 Å². The maximum atomic E-state index is 12.8. The van der Waals surface area contributed by atoms with E-state index in [4.69, 9.17) is 11.6 Å². The van der Waals surface area contributed by atoms with Crippen molar-refractivity contribution in [1.82, 2.24) is 9.13 Å². The van der Waals surface area contributed by atoms with Crippen LogP contribution in [-0.2, 0) is 17.9 Å². The van der Waals surface area contributed by atoms with Gasteiger partial charge in [0.05, 0.1) is 12.2 Å². The fraction of sp³-hybridized carbons (Fsp3) is 0.240. The number of rotatable bonds is 7. The number of anilines is 1. The van der Waals surface area contributed by atoms with Crippen LogP contribution < -0.4 is 10.9 Å². The Kier molecular flexibility index (Phi) is 7.34. The summed E-state index contributed by atoms with van der Waals surface area (Å²) in [5, 5.41) is 12.9. The molecule has 0 spiro atoms. The second kappa shape index (κ2) is 10.2. The van der Waals surface area contributed by atoms with Crippen LogP contribution in [0, 0.1) is 25.2 Å². The monoisotopic (exact) mass is 448 g/mol. The highest BCUT2D eigenvalue weighted by Gasteiger charge is 2.14. The van der Waals surface area contributed by atoms with E-state index in [2.05, 4.69) is 16.8 Å². The van der Waals surface area contributed by atoms with Crippen molar-refractivity contribution in [1.29, 1.82) is 5.26 Å². The second-order valence-electron chi connectivity index (χ2n) is 7.58. The van der Waals surface area contributed by atoms with Crippen LogP contribution in [0.2, 0.25) is 5.02 Å². The first kappa shape index (κ1) is 23.1. The Hall–Kier alpha value is -3.56. The molecule has 3 aromatic rings. The van der Waals surface area contributed by atoms with Gasteiger partial charge in [0.15, 0.2) is 0 Å². The van der Waals surface area contributed by atoms with Crippen LogP contribution in [0.5, 0.6) is 0 Å². The van der Waals surface area contributed by atoms with Crippen molar-refractivity contribution in [2.24, 2.45) is 0 Å². The number of hydrogen-bond donors (Lipinski definition) is 1. The molecule has 6 nitrogen and oxygen atoms in total. The zero-order valence-corrected chi connectivity index (χ0v) is 19.1. The van der Waals surface area contributed by atoms with Crippen LogP contribution in [0.4, 0.5) is 5.69 Å². The fourth-order valence-corrected chi connectivity index (χ4v) is 3.78. The summed E-state index contributed by atoms with van der Waals surface area (Å²) < 4.78 is 3.63. The maximum Gasteiger partial charge on any atom is 0.266 e. The quantitative estimate of drug-likeness (QED) is 0.411. The Morgan fingerprint density at radius 2 is 1.97 bits per heavy atom. The third kappa shape index (κ3) is 5.19. The largest absolute Gasteiger partial charge is 0.349 e. The van der Waals surface area contributed by atoms with Crippen LogP contribution in [-0.4, -0.2) is 15.0 Å². The number of carbonyl (C=O) groups is 1. The minimum Gasteiger partial charge on any atom is -0.349 e. The number of hydrogen-bond acceptors (Lipinski definition) is 3. The van der Waals surface area contributed by atoms with Crippen molar-refractivity contribution < 1.29 is 4.79 Å². The predicted octanol–water partition coefficient (Wildman–Crippen LogP) is 4.92. The molecule has 2 aromatic heterocycles. The number of halogens is 1. The number of carbonyl (C=O) groups excluding carboxylic acids is 1. The molecule has 0 bridgehead atoms. The van der Waals surface area contributed by atoms with Crippen LogP contribution in [0.15, 0.2) is 59.0 Å². The molecular weight excluding hydrogens is 424 g/mol. The van der Waals surface area contributed by atoms with Crippen LogP contribution in [0.25, 0.3) is 6.08 Å². The van der Waals surface area contributed by atoms with E-state index in [1.165, 1.54) is 16.7 Å². The zero-order valence-electron chi connectivity index (χ0n) is 18.4. The minimum atomic E-state index is -0.532. The maximum absolute atomic E-state index is 12.8. The van der Waals surface area contributed by atoms with Crippen LogP contribution in [0.1, 0.15) is 35.9 Å². The summed E-state index contributed by atoms with van der Waals surface area (Å²) in [4.78, 5) is 25.0. The van der Waals surface area contributed by atoms with E-state index in [-0.39, 0.29) is 17.7 Å². The molecule has 0 aliphatic heterocycles. The second-order valence-corrected chi connectivity index (χ2v) is 7.98. The van der Waals surface area contributed by atoms with Gasteiger partial charge in [-0.15, -0.1) is 0 Å². The molecule has 0 atom stereocenters. The molecule has 3 rings (SSSR count). The molecule has 0 aliphatic rings. The third-order valence-corrected chi connectivity index (χ3v) is 5.63. The molecule has 1 aromatic carbocycles. The Morgan fingerprint density at radius 3 is 2.66 bits per heavy atom. The van der Waals surface area contributed by atoms with Crippen molar-refractivity contribution in [3.8, 4) is 6.07 Å². The molecule has 0 aliphatic carbocycles. The molecule has 1 amide bonds. The molecule has 1 N–H and O–H groups in total. The predicted molar refractivity (Wildman–Crippen MR) is 128 cm³/mol. The number of nitrogens with one attached hydrogen (secondary N) is 1. The van der Waals surface area contributed by atoms with E-state index >= 15 is 0 Å². The molecule has 0 saturated carbocycles. The van der Waals surface area contributed by atoms with Gasteiger partial charge in [0.2, 0.25) is 0 Å². The van der Waals surface area contributed by atoms with E-state index in [1.54, 1.807) is 18.3 Å². The number of nitrogens with zero attached hydrogens (tertiary/aromatic N) is 3. The highest BCUT2D eigenvalue weighted by molar-refractivity contribution is 6.31. The summed E-state index contributed by atoms with van der Waals surface area (Å²) in [6, 6.07) is 14.1. The summed E-state index contributed by atoms with van der Waals surface area (Å²) in [7, 11) is 0. The van der Waals surface area contributed by atoms with E-state index in [0.717, 1.165) is 35.5 Å². The smallest absolute Gasteiger partial charge is 0.266 e. The first-order valence-corrected chi connectivity index (χ1v) is 10.8. The lowest BCUT2D eigenvalue weighted by Crippen LogP contribution is -2.21. The molecule has 2 heterocycles. The molecule has 0 unspecified atom stereocenters. The number of pyridine rings is 1. The number of aromatic nitrogens is 2. The summed E-state index contributed by atoms with van der Waals surface area (Å²) >= 11 is 6.20. The van der Waals surface area contributed by atoms with E-state index in [9.17, 15) is 14.9 Å². The van der Waals surface area contributed by atoms with Crippen molar-refractivity contribution in [3.63, 3.8) is 0 Å². The first-order valence-electron chi connectivity index (χ1n) is 10.4. The van der Waals surface area contributed by atoms with Gasteiger partial charge >= 0.3 is 0 Å². The molecule has 0 radical (unpaired) electrons. The molecular formula is C25H25ClN4O2. The molecule has 0 saturated heterocycles. The lowest BCUT2D eigenvalue weighted by molar-refractivity contribution is -0.112. The normalized spacial score (nSPS) is 11.3. The average Bonchev–Trinajstić information content (AvgIpc) is 3.03. The van der Waals surface area contributed by atoms with Gasteiger partial charge in [-0.2, -0.15) is 5.26 Å². The SMILES string of the molecule is CCCn1c(C)cc(/C=C(\C#N)C(=O)Nc2ccc(=O)n(Cc3ccccc3Cl)c2)c1C. The summed E-state index contributed by atoms with van der Waals surface area (Å²) in [6.07, 6.45) is 4.14. The highest BCUT2D eigenvalue weighted by atomic mass is 35.5. The van der Waals surface area contributed by atoms with Crippen molar-refractivity contribution >= 4 is 29.3 Å². The molecule has 32 heavy (non-hydrogen) atoms. The van der Waals surface area contributed by atoms with Crippen molar-refractivity contribution in [2.45, 2.75) is 40.3 Å². The van der Waals surface area contributed by atoms with Gasteiger partial charge in [-0.05, 0) is 55.7 Å². The Balaban J connectivity index is 1.84. The highest BCUT2D eigenvalue weighted by Crippen LogP contribution is 2.20. The van der Waals surface area contributed by atoms with Crippen LogP contribution >= 0.6 is 11.6 Å². The van der Waals surface area contributed by atoms with Gasteiger partial charge in [0.1, 0.15) is 11.6 Å². The van der Waals surface area contributed by atoms with Gasteiger partial charge in [-0.1, -0.05) is 36.7 Å². The molecule has 0 fully saturated rings. The Labute approximate surface area is 192 Å². The van der Waals surface area contributed by atoms with Gasteiger partial charge < -0.3 is 14.5 Å². The topological polar surface area (TPSA) is 79.8 Å². The molecule has 164 valence electrons. The summed E-state index contributed by atoms with van der Waals surface area (Å²) in [5.41, 5.74) is 3.91. The Morgan fingerprint density at radius 1 is 1.22 bits per heavy atom. The lowest BCUT2D eigenvalue weighted by atomic mass is 10.1. The minimum absolute atomic E-state index is 0.00870. The van der Waals surface area contributed by atoms with Gasteiger partial charge in [0.25, 0.3) is 11.5 Å². The molecule has 7 heteroatoms. The number of aryl methyl sites for hydroxylation is 1. The van der Waals surface area contributed by atoms with Gasteiger partial charge in [-0.3, -0.25) is 9.59 Å². The van der Waals surface area contributed by atoms with Gasteiger partial charge in [-0.25, -0.2) is 0 Å². The summed E-state index contributed by atoms with van der Waals surface area (Å²) in [6.45, 7) is 7.24. The van der Waals surface area contributed by atoms with Gasteiger partial charge in [0, 0.05) is 35.2 Å². The zero-order chi connectivity index (χ0) is 23.3. The van der Waals surface area contributed by atoms with Crippen LogP contribution in [0.3, 0.4) is 0 Å². The van der Waals surface area contributed by atoms with Crippen molar-refractivity contribution in [2.75, 3.05) is 5.32 Å². The number of benzene rings is 1. The number of amides is 1. The number of nitriles is 1. The van der Waals surface area contributed by atoms with Crippen molar-refractivity contribution in [3.05, 3.63) is 92.1 Å². The fourth-order valence-electron chi connectivity index (χ4n) is 3.58. The average molecular weight is 449 g/mol. The third-order valence-electron chi connectivity index (χ3n) is 5.26. The Bertz CT molecular complexity index is 1280. The lowest BCUT2D eigenvalue weighted by Gasteiger charge is -2.10. The first-order chi connectivity index (χ1) is 15.3. The summed E-state index contributed by atoms with van der Waals surface area (Å²) in [5.74, 6) is -0.532. The van der Waals surface area contributed by atoms with E-state index < -0.39 is 5.91 Å².